The number of ether oxygens (including phenoxy) is 2. The van der Waals surface area contributed by atoms with Crippen LogP contribution in [0, 0.1) is 12.7 Å². The number of benzene rings is 1. The van der Waals surface area contributed by atoms with Crippen molar-refractivity contribution in [2.45, 2.75) is 50.2 Å². The van der Waals surface area contributed by atoms with Gasteiger partial charge in [0.05, 0.1) is 19.8 Å². The largest absolute Gasteiger partial charge is 0.554 e. The first-order valence-electron chi connectivity index (χ1n) is 10.1. The smallest absolute Gasteiger partial charge is 0.411 e. The Morgan fingerprint density at radius 1 is 1.26 bits per heavy atom. The molecular formula is C22H25FN2O5S. The van der Waals surface area contributed by atoms with E-state index in [1.807, 2.05) is 19.1 Å². The van der Waals surface area contributed by atoms with E-state index in [1.54, 1.807) is 17.4 Å². The molecular weight excluding hydrogens is 423 g/mol. The van der Waals surface area contributed by atoms with Crippen molar-refractivity contribution < 1.29 is 33.0 Å². The summed E-state index contributed by atoms with van der Waals surface area (Å²) in [6.07, 6.45) is 1.69. The number of epoxide rings is 1. The van der Waals surface area contributed by atoms with Crippen LogP contribution in [0.2, 0.25) is 0 Å². The minimum absolute atomic E-state index is 0.106. The molecule has 5 atom stereocenters. The van der Waals surface area contributed by atoms with Crippen molar-refractivity contribution in [1.82, 2.24) is 0 Å². The van der Waals surface area contributed by atoms with Crippen LogP contribution in [0.1, 0.15) is 17.7 Å². The summed E-state index contributed by atoms with van der Waals surface area (Å²) in [6, 6.07) is 9.09. The summed E-state index contributed by atoms with van der Waals surface area (Å²) in [6.45, 7) is 1.50. The zero-order chi connectivity index (χ0) is 22.3. The molecule has 1 amide bonds. The molecule has 1 unspecified atom stereocenters. The van der Waals surface area contributed by atoms with Crippen LogP contribution in [0.4, 0.5) is 14.9 Å². The van der Waals surface area contributed by atoms with Crippen molar-refractivity contribution in [1.29, 1.82) is 0 Å². The number of halogens is 1. The van der Waals surface area contributed by atoms with Gasteiger partial charge < -0.3 is 23.9 Å². The molecule has 5 rings (SSSR count). The number of morpholine rings is 1. The van der Waals surface area contributed by atoms with Crippen LogP contribution in [-0.2, 0) is 14.3 Å². The summed E-state index contributed by atoms with van der Waals surface area (Å²) >= 11 is 1.57. The van der Waals surface area contributed by atoms with E-state index in [1.165, 1.54) is 12.1 Å². The molecule has 0 spiro atoms. The first-order chi connectivity index (χ1) is 14.7. The van der Waals surface area contributed by atoms with Crippen LogP contribution < -0.4 is 10.4 Å². The number of anilines is 1. The molecule has 9 heteroatoms. The van der Waals surface area contributed by atoms with E-state index in [0.717, 1.165) is 27.1 Å². The number of nitrogens with one attached hydrogen (secondary N) is 1. The molecule has 1 N–H and O–H groups in total. The van der Waals surface area contributed by atoms with Crippen molar-refractivity contribution >= 4 is 29.6 Å². The molecule has 3 fully saturated rings. The van der Waals surface area contributed by atoms with Gasteiger partial charge in [-0.3, -0.25) is 5.32 Å². The number of likely N-dealkylation sites (N-methyl/N-ethyl adjacent to an activating group) is 1. The fourth-order valence-electron chi connectivity index (χ4n) is 5.00. The Kier molecular flexibility index (Phi) is 5.76. The predicted octanol–water partition coefficient (Wildman–Crippen LogP) is 2.53. The third-order valence-corrected chi connectivity index (χ3v) is 7.57. The van der Waals surface area contributed by atoms with Gasteiger partial charge in [0, 0.05) is 34.6 Å². The summed E-state index contributed by atoms with van der Waals surface area (Å²) < 4.78 is 26.3. The van der Waals surface area contributed by atoms with Gasteiger partial charge in [-0.15, -0.1) is 11.3 Å². The molecule has 0 aliphatic carbocycles. The summed E-state index contributed by atoms with van der Waals surface area (Å²) in [5.74, 6) is -0.331. The zero-order valence-electron chi connectivity index (χ0n) is 17.5. The molecule has 166 valence electrons. The van der Waals surface area contributed by atoms with Crippen LogP contribution in [0.25, 0.3) is 10.4 Å². The van der Waals surface area contributed by atoms with Gasteiger partial charge in [-0.1, -0.05) is 0 Å². The van der Waals surface area contributed by atoms with E-state index in [2.05, 4.69) is 19.4 Å². The van der Waals surface area contributed by atoms with E-state index in [4.69, 9.17) is 19.4 Å². The second kappa shape index (κ2) is 8.22. The Bertz CT molecular complexity index is 974. The van der Waals surface area contributed by atoms with Crippen molar-refractivity contribution in [3.63, 3.8) is 0 Å². The summed E-state index contributed by atoms with van der Waals surface area (Å²) in [5, 5.41) is 11.1. The molecule has 3 saturated heterocycles. The van der Waals surface area contributed by atoms with Gasteiger partial charge in [-0.2, -0.15) is 0 Å². The topological polar surface area (TPSA) is 91.0 Å². The average molecular weight is 449 g/mol. The number of carboxylic acid groups (broad SMARTS) is 1. The lowest BCUT2D eigenvalue weighted by atomic mass is 9.96. The number of amides is 1. The fraction of sp³-hybridized carbons (Fsp3) is 0.455. The Morgan fingerprint density at radius 2 is 1.90 bits per heavy atom. The number of nitrogens with zero attached hydrogens (tertiary/aromatic N) is 1. The number of rotatable bonds is 3. The molecule has 3 aliphatic rings. The SMILES string of the molecule is Cc1ccc(-c2cc(F)ccc2NC(=O)OC2C[C@@H]3[C@@H]4O[C@@H]4[C@H](C2)[N+]3(C)C)s1.O=C[O-]. The summed E-state index contributed by atoms with van der Waals surface area (Å²) in [5.41, 5.74) is 1.24. The number of piperidine rings is 1. The van der Waals surface area contributed by atoms with E-state index in [-0.39, 0.29) is 11.9 Å². The fourth-order valence-corrected chi connectivity index (χ4v) is 5.90. The molecule has 2 aromatic rings. The number of hydrogen-bond acceptors (Lipinski definition) is 6. The average Bonchev–Trinajstić information content (AvgIpc) is 3.34. The highest BCUT2D eigenvalue weighted by Gasteiger charge is 2.70. The third kappa shape index (κ3) is 4.17. The lowest BCUT2D eigenvalue weighted by Crippen LogP contribution is -2.60. The molecule has 31 heavy (non-hydrogen) atoms. The first kappa shape index (κ1) is 21.7. The minimum Gasteiger partial charge on any atom is -0.554 e. The molecule has 0 saturated carbocycles. The van der Waals surface area contributed by atoms with Crippen LogP contribution >= 0.6 is 11.3 Å². The zero-order valence-corrected chi connectivity index (χ0v) is 18.4. The molecule has 3 aliphatic heterocycles. The Labute approximate surface area is 184 Å². The van der Waals surface area contributed by atoms with Gasteiger partial charge in [0.1, 0.15) is 36.2 Å². The van der Waals surface area contributed by atoms with E-state index >= 15 is 0 Å². The molecule has 4 heterocycles. The maximum Gasteiger partial charge on any atom is 0.411 e. The van der Waals surface area contributed by atoms with Gasteiger partial charge in [-0.25, -0.2) is 9.18 Å². The first-order valence-corrected chi connectivity index (χ1v) is 10.9. The highest BCUT2D eigenvalue weighted by Crippen LogP contribution is 2.51. The minimum atomic E-state index is -0.500. The highest BCUT2D eigenvalue weighted by atomic mass is 32.1. The number of hydrogen-bond donors (Lipinski definition) is 1. The molecule has 1 aromatic carbocycles. The van der Waals surface area contributed by atoms with E-state index in [0.29, 0.717) is 35.5 Å². The van der Waals surface area contributed by atoms with Crippen molar-refractivity contribution in [2.24, 2.45) is 0 Å². The lowest BCUT2D eigenvalue weighted by Gasteiger charge is -2.45. The monoisotopic (exact) mass is 448 g/mol. The molecule has 2 bridgehead atoms. The maximum absolute atomic E-state index is 13.8. The highest BCUT2D eigenvalue weighted by molar-refractivity contribution is 7.15. The number of quaternary nitrogens is 1. The van der Waals surface area contributed by atoms with E-state index in [9.17, 15) is 9.18 Å². The van der Waals surface area contributed by atoms with Crippen molar-refractivity contribution in [3.8, 4) is 10.4 Å². The molecule has 1 aromatic heterocycles. The second-order valence-electron chi connectivity index (χ2n) is 8.65. The van der Waals surface area contributed by atoms with Crippen LogP contribution in [0.3, 0.4) is 0 Å². The number of fused-ring (bicyclic) bond motifs is 5. The standard InChI is InChI=1S/C21H23FN2O3S.CH2O2/c1-11-4-7-18(28-11)14-8-12(22)5-6-15(14)23-21(25)26-13-9-16-19-20(27-19)17(10-13)24(16,2)3;2-1-3/h4-8,13,16-17,19-20H,9-10H2,1-3H3;1H,(H,2,3)/t13?,16-,17+,19+,20-;. The quantitative estimate of drug-likeness (QED) is 0.443. The van der Waals surface area contributed by atoms with Crippen LogP contribution in [0.15, 0.2) is 30.3 Å². The van der Waals surface area contributed by atoms with Gasteiger partial charge in [0.2, 0.25) is 0 Å². The third-order valence-electron chi connectivity index (χ3n) is 6.54. The summed E-state index contributed by atoms with van der Waals surface area (Å²) in [4.78, 5) is 22.9. The van der Waals surface area contributed by atoms with Gasteiger partial charge >= 0.3 is 6.09 Å². The Hall–Kier alpha value is -2.49. The number of carbonyl (C=O) groups is 2. The van der Waals surface area contributed by atoms with Gasteiger partial charge in [0.15, 0.2) is 0 Å². The van der Waals surface area contributed by atoms with Crippen LogP contribution in [-0.4, -0.2) is 61.5 Å². The van der Waals surface area contributed by atoms with Crippen molar-refractivity contribution in [2.75, 3.05) is 19.4 Å². The van der Waals surface area contributed by atoms with Crippen molar-refractivity contribution in [3.05, 3.63) is 41.0 Å². The lowest BCUT2D eigenvalue weighted by molar-refractivity contribution is -0.938. The molecule has 7 nitrogen and oxygen atoms in total. The number of aryl methyl sites for hydroxylation is 1. The second-order valence-corrected chi connectivity index (χ2v) is 9.94. The maximum atomic E-state index is 13.8. The van der Waals surface area contributed by atoms with E-state index < -0.39 is 12.6 Å². The van der Waals surface area contributed by atoms with Gasteiger partial charge in [0.25, 0.3) is 0 Å². The number of carbonyl (C=O) groups excluding carboxylic acids is 2. The Balaban J connectivity index is 0.000000730. The summed E-state index contributed by atoms with van der Waals surface area (Å²) in [7, 11) is 4.49. The predicted molar refractivity (Wildman–Crippen MR) is 112 cm³/mol. The molecule has 0 radical (unpaired) electrons. The normalized spacial score (nSPS) is 29.2. The Morgan fingerprint density at radius 3 is 2.48 bits per heavy atom. The van der Waals surface area contributed by atoms with Crippen LogP contribution in [0.5, 0.6) is 0 Å². The number of thiophene rings is 1. The van der Waals surface area contributed by atoms with Gasteiger partial charge in [-0.05, 0) is 37.3 Å².